The van der Waals surface area contributed by atoms with Crippen molar-refractivity contribution in [2.45, 2.75) is 64.0 Å². The van der Waals surface area contributed by atoms with Gasteiger partial charge in [-0.15, -0.1) is 0 Å². The number of urea groups is 1. The molecule has 0 aromatic heterocycles. The first-order chi connectivity index (χ1) is 26.0. The molecule has 2 N–H and O–H groups in total. The molecule has 3 saturated heterocycles. The third kappa shape index (κ3) is 11.1. The highest BCUT2D eigenvalue weighted by Crippen LogP contribution is 2.34. The molecule has 3 fully saturated rings. The number of anilines is 1. The Bertz CT molecular complexity index is 1580. The summed E-state index contributed by atoms with van der Waals surface area (Å²) in [5.74, 6) is 0.133. The maximum atomic E-state index is 13.0. The number of nitrogens with zero attached hydrogens (tertiary/aromatic N) is 5. The molecule has 13 nitrogen and oxygen atoms in total. The minimum Gasteiger partial charge on any atom is -0.506 e. The molecule has 0 aliphatic carbocycles. The highest BCUT2D eigenvalue weighted by atomic mass is 79.9. The molecule has 4 aliphatic heterocycles. The number of likely N-dealkylation sites (tertiary alicyclic amines) is 2. The van der Waals surface area contributed by atoms with Gasteiger partial charge in [0.25, 0.3) is 0 Å². The summed E-state index contributed by atoms with van der Waals surface area (Å²) in [6, 6.07) is 12.3. The number of piperidine rings is 2. The number of piperazine rings is 1. The third-order valence-corrected chi connectivity index (χ3v) is 12.3. The van der Waals surface area contributed by atoms with E-state index >= 15 is 0 Å². The lowest BCUT2D eigenvalue weighted by Gasteiger charge is -2.43. The van der Waals surface area contributed by atoms with Gasteiger partial charge in [0.15, 0.2) is 0 Å². The van der Waals surface area contributed by atoms with E-state index in [4.69, 9.17) is 9.47 Å². The van der Waals surface area contributed by atoms with E-state index in [0.717, 1.165) is 89.2 Å². The number of fused-ring (bicyclic) bond motifs is 1. The van der Waals surface area contributed by atoms with Crippen LogP contribution in [0.25, 0.3) is 0 Å². The number of hydrogen-bond acceptors (Lipinski definition) is 9. The van der Waals surface area contributed by atoms with E-state index < -0.39 is 0 Å². The molecule has 0 spiro atoms. The first-order valence-electron chi connectivity index (χ1n) is 18.9. The number of benzene rings is 2. The van der Waals surface area contributed by atoms with Gasteiger partial charge >= 0.3 is 18.1 Å². The second-order valence-electron chi connectivity index (χ2n) is 14.5. The Morgan fingerprint density at radius 3 is 2.09 bits per heavy atom. The molecule has 1 atom stereocenters. The molecule has 0 radical (unpaired) electrons. The van der Waals surface area contributed by atoms with Crippen LogP contribution in [-0.2, 0) is 31.9 Å². The number of esters is 1. The number of hydrogen-bond donors (Lipinski definition) is 2. The summed E-state index contributed by atoms with van der Waals surface area (Å²) >= 11 is 6.73. The van der Waals surface area contributed by atoms with Crippen molar-refractivity contribution in [3.05, 3.63) is 56.5 Å². The van der Waals surface area contributed by atoms with Gasteiger partial charge in [0.1, 0.15) is 5.75 Å². The molecule has 6 rings (SSSR count). The molecule has 0 unspecified atom stereocenters. The average Bonchev–Trinajstić information content (AvgIpc) is 3.36. The van der Waals surface area contributed by atoms with Crippen molar-refractivity contribution in [1.82, 2.24) is 24.5 Å². The highest BCUT2D eigenvalue weighted by Gasteiger charge is 2.33. The summed E-state index contributed by atoms with van der Waals surface area (Å²) < 4.78 is 10.7. The van der Waals surface area contributed by atoms with E-state index in [0.29, 0.717) is 47.5 Å². The van der Waals surface area contributed by atoms with Crippen molar-refractivity contribution >= 4 is 61.5 Å². The smallest absolute Gasteiger partial charge is 0.409 e. The zero-order valence-corrected chi connectivity index (χ0v) is 34.8. The number of ether oxygens (including phenoxy) is 2. The van der Waals surface area contributed by atoms with E-state index in [-0.39, 0.29) is 41.7 Å². The van der Waals surface area contributed by atoms with Crippen molar-refractivity contribution in [3.63, 3.8) is 0 Å². The van der Waals surface area contributed by atoms with Crippen molar-refractivity contribution in [1.29, 1.82) is 0 Å². The molecule has 54 heavy (non-hydrogen) atoms. The summed E-state index contributed by atoms with van der Waals surface area (Å²) in [6.07, 6.45) is 5.26. The Morgan fingerprint density at radius 2 is 1.46 bits per heavy atom. The summed E-state index contributed by atoms with van der Waals surface area (Å²) in [5.41, 5.74) is 3.09. The van der Waals surface area contributed by atoms with Gasteiger partial charge < -0.3 is 39.5 Å². The summed E-state index contributed by atoms with van der Waals surface area (Å²) in [4.78, 5) is 58.8. The maximum Gasteiger partial charge on any atom is 0.409 e. The number of phenols is 1. The molecule has 4 aliphatic rings. The quantitative estimate of drug-likeness (QED) is 0.327. The number of para-hydroxylation sites is 1. The number of amides is 4. The van der Waals surface area contributed by atoms with Crippen LogP contribution in [0.3, 0.4) is 0 Å². The summed E-state index contributed by atoms with van der Waals surface area (Å²) in [7, 11) is 2.83. The second kappa shape index (κ2) is 20.0. The lowest BCUT2D eigenvalue weighted by molar-refractivity contribution is -0.141. The molecular formula is C39H54Br2N6O7. The zero-order valence-electron chi connectivity index (χ0n) is 31.6. The van der Waals surface area contributed by atoms with Crippen LogP contribution in [0.4, 0.5) is 15.3 Å². The molecular weight excluding hydrogens is 824 g/mol. The second-order valence-corrected chi connectivity index (χ2v) is 16.2. The number of aromatic hydroxyl groups is 1. The van der Waals surface area contributed by atoms with Gasteiger partial charge in [-0.1, -0.05) is 25.1 Å². The Balaban J connectivity index is 0.000000222. The lowest BCUT2D eigenvalue weighted by Crippen LogP contribution is -2.54. The molecule has 0 saturated carbocycles. The number of phenolic OH excluding ortho intramolecular Hbond substituents is 1. The molecule has 2 aromatic carbocycles. The van der Waals surface area contributed by atoms with Crippen molar-refractivity contribution < 1.29 is 33.8 Å². The summed E-state index contributed by atoms with van der Waals surface area (Å²) in [6.45, 7) is 10.3. The SMILES string of the molecule is COC(=O)CCN1CCN(C2CCN(C(=O)[C@H](C)Cc3cc(Br)c(O)c(Br)c3)CC2)CC1.COC(=O)N1CCC(N2CCc3ccccc3NC2=O)CC1. The molecule has 2 aromatic rings. The third-order valence-electron chi connectivity index (χ3n) is 11.1. The van der Waals surface area contributed by atoms with Crippen LogP contribution in [-0.4, -0.2) is 145 Å². The molecule has 15 heteroatoms. The van der Waals surface area contributed by atoms with Crippen LogP contribution in [0.2, 0.25) is 0 Å². The zero-order chi connectivity index (χ0) is 38.8. The fourth-order valence-corrected chi connectivity index (χ4v) is 9.15. The monoisotopic (exact) mass is 876 g/mol. The van der Waals surface area contributed by atoms with Crippen LogP contribution in [0.5, 0.6) is 5.75 Å². The number of methoxy groups -OCH3 is 2. The van der Waals surface area contributed by atoms with E-state index in [1.54, 1.807) is 4.90 Å². The predicted octanol–water partition coefficient (Wildman–Crippen LogP) is 5.57. The standard InChI is InChI=1S/C23H33Br2N3O4.C16H21N3O3/c1-16(13-17-14-19(24)22(30)20(25)15-17)23(31)28-7-3-18(4-8-28)27-11-9-26(10-12-27)6-5-21(29)32-2;1-22-16(21)18-9-7-13(8-10-18)19-11-6-12-4-2-3-5-14(12)17-15(19)20/h14-16,18,30H,3-13H2,1-2H3;2-5,13H,6-11H2,1H3,(H,17,20)/t16-;/m1./s1. The maximum absolute atomic E-state index is 13.0. The number of nitrogens with one attached hydrogen (secondary N) is 1. The molecule has 4 heterocycles. The Labute approximate surface area is 335 Å². The van der Waals surface area contributed by atoms with Crippen molar-refractivity contribution in [2.75, 3.05) is 85.0 Å². The van der Waals surface area contributed by atoms with E-state index in [9.17, 15) is 24.3 Å². The van der Waals surface area contributed by atoms with E-state index in [2.05, 4.69) is 53.0 Å². The molecule has 4 amide bonds. The lowest BCUT2D eigenvalue weighted by atomic mass is 9.97. The first kappa shape index (κ1) is 41.8. The van der Waals surface area contributed by atoms with Gasteiger partial charge in [-0.25, -0.2) is 9.59 Å². The Hall–Kier alpha value is -3.40. The van der Waals surface area contributed by atoms with Crippen LogP contribution in [0.15, 0.2) is 45.3 Å². The van der Waals surface area contributed by atoms with E-state index in [1.807, 2.05) is 47.1 Å². The van der Waals surface area contributed by atoms with Crippen molar-refractivity contribution in [3.8, 4) is 5.75 Å². The van der Waals surface area contributed by atoms with Gasteiger partial charge in [-0.05, 0) is 99.7 Å². The van der Waals surface area contributed by atoms with Gasteiger partial charge in [0, 0.05) is 89.1 Å². The largest absolute Gasteiger partial charge is 0.506 e. The van der Waals surface area contributed by atoms with Gasteiger partial charge in [0.05, 0.1) is 29.6 Å². The fourth-order valence-electron chi connectivity index (χ4n) is 7.87. The predicted molar refractivity (Wildman–Crippen MR) is 213 cm³/mol. The summed E-state index contributed by atoms with van der Waals surface area (Å²) in [5, 5.41) is 12.9. The van der Waals surface area contributed by atoms with Gasteiger partial charge in [-0.2, -0.15) is 0 Å². The number of halogens is 2. The van der Waals surface area contributed by atoms with Crippen molar-refractivity contribution in [2.24, 2.45) is 5.92 Å². The molecule has 0 bridgehead atoms. The van der Waals surface area contributed by atoms with Crippen LogP contribution in [0.1, 0.15) is 50.2 Å². The minimum absolute atomic E-state index is 0.0403. The minimum atomic E-state index is -0.286. The highest BCUT2D eigenvalue weighted by molar-refractivity contribution is 9.11. The van der Waals surface area contributed by atoms with Crippen LogP contribution < -0.4 is 5.32 Å². The van der Waals surface area contributed by atoms with Gasteiger partial charge in [-0.3, -0.25) is 14.5 Å². The van der Waals surface area contributed by atoms with Crippen LogP contribution in [0, 0.1) is 5.92 Å². The molecule has 296 valence electrons. The van der Waals surface area contributed by atoms with Crippen LogP contribution >= 0.6 is 31.9 Å². The normalized spacial score (nSPS) is 19.5. The fraction of sp³-hybridized carbons (Fsp3) is 0.590. The number of carbonyl (C=O) groups excluding carboxylic acids is 4. The Morgan fingerprint density at radius 1 is 0.852 bits per heavy atom. The van der Waals surface area contributed by atoms with Gasteiger partial charge in [0.2, 0.25) is 5.91 Å². The number of rotatable bonds is 8. The number of carbonyl (C=O) groups is 4. The Kier molecular flexibility index (Phi) is 15.4. The van der Waals surface area contributed by atoms with E-state index in [1.165, 1.54) is 19.8 Å². The topological polar surface area (TPSA) is 135 Å². The first-order valence-corrected chi connectivity index (χ1v) is 20.5. The average molecular weight is 879 g/mol.